The summed E-state index contributed by atoms with van der Waals surface area (Å²) in [5.74, 6) is -0.229. The van der Waals surface area contributed by atoms with Crippen molar-refractivity contribution in [3.8, 4) is 16.2 Å². The van der Waals surface area contributed by atoms with Crippen molar-refractivity contribution in [1.29, 1.82) is 0 Å². The van der Waals surface area contributed by atoms with Crippen LogP contribution in [0.4, 0.5) is 5.69 Å². The van der Waals surface area contributed by atoms with Crippen LogP contribution in [-0.2, 0) is 4.74 Å². The van der Waals surface area contributed by atoms with E-state index in [1.54, 1.807) is 25.1 Å². The van der Waals surface area contributed by atoms with Crippen molar-refractivity contribution < 1.29 is 23.5 Å². The summed E-state index contributed by atoms with van der Waals surface area (Å²) in [5, 5.41) is 3.57. The van der Waals surface area contributed by atoms with E-state index in [-0.39, 0.29) is 12.4 Å². The lowest BCUT2D eigenvalue weighted by Gasteiger charge is -2.04. The number of benzene rings is 2. The molecule has 1 N–H and O–H groups in total. The summed E-state index contributed by atoms with van der Waals surface area (Å²) in [6.07, 6.45) is 0. The monoisotopic (exact) mass is 435 g/mol. The number of amides is 1. The SMILES string of the molecule is CCOC(=O)c1sc(-c2ccccc2)cc1NC(=O)c1cc2cccc(OCC)c2o1. The van der Waals surface area contributed by atoms with E-state index >= 15 is 0 Å². The zero-order chi connectivity index (χ0) is 21.8. The van der Waals surface area contributed by atoms with E-state index in [1.807, 2.05) is 49.4 Å². The van der Waals surface area contributed by atoms with Crippen LogP contribution in [0.3, 0.4) is 0 Å². The molecule has 31 heavy (non-hydrogen) atoms. The molecular formula is C24H21NO5S. The lowest BCUT2D eigenvalue weighted by Crippen LogP contribution is -2.13. The molecule has 0 atom stereocenters. The smallest absolute Gasteiger partial charge is 0.350 e. The molecule has 7 heteroatoms. The lowest BCUT2D eigenvalue weighted by molar-refractivity contribution is 0.0533. The van der Waals surface area contributed by atoms with Crippen LogP contribution in [-0.4, -0.2) is 25.1 Å². The highest BCUT2D eigenvalue weighted by Crippen LogP contribution is 2.36. The van der Waals surface area contributed by atoms with Gasteiger partial charge in [0.15, 0.2) is 17.1 Å². The van der Waals surface area contributed by atoms with Gasteiger partial charge in [-0.2, -0.15) is 0 Å². The standard InChI is InChI=1S/C24H21NO5S/c1-3-28-18-12-8-11-16-13-19(30-21(16)18)23(26)25-17-14-20(15-9-6-5-7-10-15)31-22(17)24(27)29-4-2/h5-14H,3-4H2,1-2H3,(H,25,26). The van der Waals surface area contributed by atoms with Crippen LogP contribution in [0.15, 0.2) is 65.1 Å². The molecule has 2 aromatic heterocycles. The Labute approximate surface area is 183 Å². The zero-order valence-corrected chi connectivity index (χ0v) is 18.0. The summed E-state index contributed by atoms with van der Waals surface area (Å²) in [7, 11) is 0. The predicted octanol–water partition coefficient (Wildman–Crippen LogP) is 5.99. The molecule has 0 aliphatic carbocycles. The van der Waals surface area contributed by atoms with Gasteiger partial charge in [0.2, 0.25) is 0 Å². The Kier molecular flexibility index (Phi) is 6.04. The summed E-state index contributed by atoms with van der Waals surface area (Å²) < 4.78 is 16.5. The van der Waals surface area contributed by atoms with Gasteiger partial charge >= 0.3 is 5.97 Å². The van der Waals surface area contributed by atoms with Crippen molar-refractivity contribution in [3.05, 3.63) is 71.3 Å². The van der Waals surface area contributed by atoms with E-state index in [2.05, 4.69) is 5.32 Å². The van der Waals surface area contributed by atoms with Crippen LogP contribution in [0.5, 0.6) is 5.75 Å². The molecule has 6 nitrogen and oxygen atoms in total. The second-order valence-corrected chi connectivity index (χ2v) is 7.66. The zero-order valence-electron chi connectivity index (χ0n) is 17.1. The van der Waals surface area contributed by atoms with Gasteiger partial charge in [0.1, 0.15) is 4.88 Å². The fourth-order valence-corrected chi connectivity index (χ4v) is 4.19. The molecule has 0 spiro atoms. The summed E-state index contributed by atoms with van der Waals surface area (Å²) in [5.41, 5.74) is 1.84. The number of nitrogens with one attached hydrogen (secondary N) is 1. The fraction of sp³-hybridized carbons (Fsp3) is 0.167. The van der Waals surface area contributed by atoms with Crippen LogP contribution in [0.25, 0.3) is 21.4 Å². The van der Waals surface area contributed by atoms with Crippen molar-refractivity contribution in [1.82, 2.24) is 0 Å². The van der Waals surface area contributed by atoms with E-state index < -0.39 is 11.9 Å². The molecular weight excluding hydrogens is 414 g/mol. The Morgan fingerprint density at radius 3 is 2.55 bits per heavy atom. The maximum atomic E-state index is 12.9. The number of fused-ring (bicyclic) bond motifs is 1. The van der Waals surface area contributed by atoms with Crippen molar-refractivity contribution in [2.75, 3.05) is 18.5 Å². The Hall–Kier alpha value is -3.58. The molecule has 0 aliphatic heterocycles. The van der Waals surface area contributed by atoms with Crippen LogP contribution in [0, 0.1) is 0 Å². The van der Waals surface area contributed by atoms with Crippen LogP contribution >= 0.6 is 11.3 Å². The highest BCUT2D eigenvalue weighted by atomic mass is 32.1. The molecule has 4 aromatic rings. The summed E-state index contributed by atoms with van der Waals surface area (Å²) in [6.45, 7) is 4.36. The lowest BCUT2D eigenvalue weighted by atomic mass is 10.2. The van der Waals surface area contributed by atoms with Gasteiger partial charge in [-0.3, -0.25) is 4.79 Å². The summed E-state index contributed by atoms with van der Waals surface area (Å²) in [6, 6.07) is 18.6. The first-order chi connectivity index (χ1) is 15.1. The van der Waals surface area contributed by atoms with Crippen LogP contribution < -0.4 is 10.1 Å². The van der Waals surface area contributed by atoms with Gasteiger partial charge in [0, 0.05) is 10.3 Å². The minimum atomic E-state index is -0.479. The molecule has 0 aliphatic rings. The molecule has 1 amide bonds. The maximum absolute atomic E-state index is 12.9. The first kappa shape index (κ1) is 20.7. The van der Waals surface area contributed by atoms with Gasteiger partial charge in [0.05, 0.1) is 18.9 Å². The van der Waals surface area contributed by atoms with Gasteiger partial charge in [-0.15, -0.1) is 11.3 Å². The van der Waals surface area contributed by atoms with Gasteiger partial charge in [-0.1, -0.05) is 42.5 Å². The third kappa shape index (κ3) is 4.32. The molecule has 2 heterocycles. The molecule has 2 aromatic carbocycles. The Balaban J connectivity index is 1.67. The van der Waals surface area contributed by atoms with E-state index in [0.29, 0.717) is 28.5 Å². The maximum Gasteiger partial charge on any atom is 0.350 e. The average Bonchev–Trinajstić information content (AvgIpc) is 3.40. The van der Waals surface area contributed by atoms with Crippen molar-refractivity contribution in [2.45, 2.75) is 13.8 Å². The number of ether oxygens (including phenoxy) is 2. The molecule has 0 saturated carbocycles. The Morgan fingerprint density at radius 2 is 1.81 bits per heavy atom. The highest BCUT2D eigenvalue weighted by molar-refractivity contribution is 7.18. The van der Waals surface area contributed by atoms with Gasteiger partial charge in [-0.25, -0.2) is 4.79 Å². The second-order valence-electron chi connectivity index (χ2n) is 6.61. The largest absolute Gasteiger partial charge is 0.490 e. The quantitative estimate of drug-likeness (QED) is 0.361. The van der Waals surface area contributed by atoms with Gasteiger partial charge in [0.25, 0.3) is 5.91 Å². The van der Waals surface area contributed by atoms with Crippen LogP contribution in [0.2, 0.25) is 0 Å². The van der Waals surface area contributed by atoms with E-state index in [4.69, 9.17) is 13.9 Å². The number of para-hydroxylation sites is 1. The molecule has 0 fully saturated rings. The molecule has 158 valence electrons. The third-order valence-electron chi connectivity index (χ3n) is 4.53. The van der Waals surface area contributed by atoms with Gasteiger partial charge in [-0.05, 0) is 37.6 Å². The molecule has 0 radical (unpaired) electrons. The summed E-state index contributed by atoms with van der Waals surface area (Å²) in [4.78, 5) is 26.6. The number of hydrogen-bond acceptors (Lipinski definition) is 6. The number of rotatable bonds is 7. The minimum Gasteiger partial charge on any atom is -0.490 e. The Bertz CT molecular complexity index is 1230. The molecule has 0 saturated heterocycles. The van der Waals surface area contributed by atoms with Crippen molar-refractivity contribution >= 4 is 39.9 Å². The molecule has 4 rings (SSSR count). The number of esters is 1. The van der Waals surface area contributed by atoms with Crippen LogP contribution in [0.1, 0.15) is 34.1 Å². The molecule has 0 bridgehead atoms. The average molecular weight is 436 g/mol. The number of furan rings is 1. The number of carbonyl (C=O) groups is 2. The molecule has 0 unspecified atom stereocenters. The van der Waals surface area contributed by atoms with E-state index in [1.165, 1.54) is 11.3 Å². The van der Waals surface area contributed by atoms with E-state index in [0.717, 1.165) is 15.8 Å². The third-order valence-corrected chi connectivity index (χ3v) is 5.70. The van der Waals surface area contributed by atoms with Crippen molar-refractivity contribution in [2.24, 2.45) is 0 Å². The number of hydrogen-bond donors (Lipinski definition) is 1. The van der Waals surface area contributed by atoms with Gasteiger partial charge < -0.3 is 19.2 Å². The number of carbonyl (C=O) groups excluding carboxylic acids is 2. The Morgan fingerprint density at radius 1 is 1.00 bits per heavy atom. The topological polar surface area (TPSA) is 77.8 Å². The summed E-state index contributed by atoms with van der Waals surface area (Å²) >= 11 is 1.27. The second kappa shape index (κ2) is 9.06. The minimum absolute atomic E-state index is 0.129. The highest BCUT2D eigenvalue weighted by Gasteiger charge is 2.22. The first-order valence-corrected chi connectivity index (χ1v) is 10.8. The van der Waals surface area contributed by atoms with Crippen molar-refractivity contribution in [3.63, 3.8) is 0 Å². The predicted molar refractivity (Wildman–Crippen MR) is 121 cm³/mol. The number of anilines is 1. The fourth-order valence-electron chi connectivity index (χ4n) is 3.18. The van der Waals surface area contributed by atoms with E-state index in [9.17, 15) is 9.59 Å². The number of thiophene rings is 1. The first-order valence-electron chi connectivity index (χ1n) is 9.93. The normalized spacial score (nSPS) is 10.8.